The summed E-state index contributed by atoms with van der Waals surface area (Å²) >= 11 is 5.72. The zero-order valence-electron chi connectivity index (χ0n) is 17.9. The number of aryl methyl sites for hydroxylation is 1. The van der Waals surface area contributed by atoms with Gasteiger partial charge < -0.3 is 10.1 Å². The topological polar surface area (TPSA) is 105 Å². The first kappa shape index (κ1) is 25.4. The Morgan fingerprint density at radius 2 is 1.85 bits per heavy atom. The third-order valence-corrected chi connectivity index (χ3v) is 6.09. The lowest BCUT2D eigenvalue weighted by Gasteiger charge is -2.17. The van der Waals surface area contributed by atoms with Crippen LogP contribution < -0.4 is 10.1 Å². The summed E-state index contributed by atoms with van der Waals surface area (Å²) in [5.41, 5.74) is -2.16. The second-order valence-corrected chi connectivity index (χ2v) is 9.88. The highest BCUT2D eigenvalue weighted by molar-refractivity contribution is 7.91. The molecule has 0 aliphatic heterocycles. The van der Waals surface area contributed by atoms with Crippen LogP contribution in [0.3, 0.4) is 0 Å². The van der Waals surface area contributed by atoms with Crippen molar-refractivity contribution in [3.8, 4) is 11.6 Å². The molecule has 3 aromatic rings. The Labute approximate surface area is 197 Å². The fraction of sp³-hybridized carbons (Fsp3) is 0.190. The standard InChI is InChI=1S/C21H17ClF4N4O3S/c1-10-7-14(22)15(23)9-16(10)33-20-17(11(2)18(29-30-20)21(24,25)26)19(31)28-12-5-4-6-13(8-12)34(3,27)32/h4-9,27H,1-3H3,(H,28,31). The quantitative estimate of drug-likeness (QED) is 0.406. The van der Waals surface area contributed by atoms with E-state index in [1.165, 1.54) is 43.5 Å². The number of ether oxygens (including phenoxy) is 1. The van der Waals surface area contributed by atoms with Crippen LogP contribution in [-0.4, -0.2) is 26.6 Å². The number of nitrogens with zero attached hydrogens (tertiary/aromatic N) is 2. The van der Waals surface area contributed by atoms with Crippen molar-refractivity contribution in [1.82, 2.24) is 10.2 Å². The number of amides is 1. The normalized spacial score (nSPS) is 13.3. The second kappa shape index (κ2) is 9.18. The van der Waals surface area contributed by atoms with E-state index in [1.807, 2.05) is 0 Å². The highest BCUT2D eigenvalue weighted by atomic mass is 35.5. The zero-order valence-corrected chi connectivity index (χ0v) is 19.5. The van der Waals surface area contributed by atoms with Crippen molar-refractivity contribution in [2.45, 2.75) is 24.9 Å². The van der Waals surface area contributed by atoms with Gasteiger partial charge in [-0.3, -0.25) is 4.79 Å². The van der Waals surface area contributed by atoms with Crippen LogP contribution in [0.15, 0.2) is 41.3 Å². The van der Waals surface area contributed by atoms with E-state index < -0.39 is 50.3 Å². The maximum atomic E-state index is 13.9. The van der Waals surface area contributed by atoms with E-state index in [0.29, 0.717) is 5.56 Å². The largest absolute Gasteiger partial charge is 0.437 e. The average Bonchev–Trinajstić information content (AvgIpc) is 2.70. The summed E-state index contributed by atoms with van der Waals surface area (Å²) in [6.45, 7) is 2.53. The summed E-state index contributed by atoms with van der Waals surface area (Å²) in [4.78, 5) is 13.2. The van der Waals surface area contributed by atoms with Gasteiger partial charge in [0.1, 0.15) is 17.1 Å². The first-order chi connectivity index (χ1) is 15.7. The maximum absolute atomic E-state index is 13.9. The number of rotatable bonds is 5. The highest BCUT2D eigenvalue weighted by Gasteiger charge is 2.38. The van der Waals surface area contributed by atoms with Gasteiger partial charge in [0.15, 0.2) is 5.69 Å². The average molecular weight is 517 g/mol. The van der Waals surface area contributed by atoms with E-state index in [0.717, 1.165) is 13.0 Å². The number of nitrogens with one attached hydrogen (secondary N) is 2. The van der Waals surface area contributed by atoms with Crippen molar-refractivity contribution < 1.29 is 31.3 Å². The van der Waals surface area contributed by atoms with Gasteiger partial charge in [0.05, 0.1) is 14.8 Å². The van der Waals surface area contributed by atoms with Gasteiger partial charge in [-0.2, -0.15) is 13.2 Å². The number of benzene rings is 2. The number of alkyl halides is 3. The zero-order chi connectivity index (χ0) is 25.4. The molecule has 1 aromatic heterocycles. The van der Waals surface area contributed by atoms with Crippen molar-refractivity contribution >= 4 is 32.9 Å². The van der Waals surface area contributed by atoms with Gasteiger partial charge in [0.25, 0.3) is 11.8 Å². The second-order valence-electron chi connectivity index (χ2n) is 7.31. The maximum Gasteiger partial charge on any atom is 0.435 e. The van der Waals surface area contributed by atoms with Crippen LogP contribution in [0.2, 0.25) is 5.02 Å². The fourth-order valence-corrected chi connectivity index (χ4v) is 3.87. The van der Waals surface area contributed by atoms with Crippen molar-refractivity contribution in [2.75, 3.05) is 11.6 Å². The molecule has 2 N–H and O–H groups in total. The van der Waals surface area contributed by atoms with E-state index in [4.69, 9.17) is 21.1 Å². The van der Waals surface area contributed by atoms with E-state index in [2.05, 4.69) is 15.5 Å². The Morgan fingerprint density at radius 1 is 1.18 bits per heavy atom. The molecule has 7 nitrogen and oxygen atoms in total. The Hall–Kier alpha value is -3.25. The minimum atomic E-state index is -4.91. The molecule has 0 saturated carbocycles. The van der Waals surface area contributed by atoms with E-state index in [9.17, 15) is 26.6 Å². The Kier molecular flexibility index (Phi) is 6.85. The smallest absolute Gasteiger partial charge is 0.435 e. The van der Waals surface area contributed by atoms with E-state index in [-0.39, 0.29) is 21.4 Å². The molecule has 180 valence electrons. The van der Waals surface area contributed by atoms with Crippen LogP contribution in [0.4, 0.5) is 23.2 Å². The van der Waals surface area contributed by atoms with Crippen LogP contribution in [0.25, 0.3) is 0 Å². The molecule has 0 radical (unpaired) electrons. The van der Waals surface area contributed by atoms with Crippen molar-refractivity contribution in [1.29, 1.82) is 4.78 Å². The molecule has 0 aliphatic carbocycles. The summed E-state index contributed by atoms with van der Waals surface area (Å²) < 4.78 is 79.4. The molecule has 3 rings (SSSR count). The van der Waals surface area contributed by atoms with Gasteiger partial charge in [0.2, 0.25) is 0 Å². The number of carbonyl (C=O) groups excluding carboxylic acids is 1. The summed E-state index contributed by atoms with van der Waals surface area (Å²) in [5.74, 6) is -2.61. The lowest BCUT2D eigenvalue weighted by molar-refractivity contribution is -0.142. The molecule has 13 heteroatoms. The van der Waals surface area contributed by atoms with E-state index >= 15 is 0 Å². The highest BCUT2D eigenvalue weighted by Crippen LogP contribution is 2.36. The molecule has 0 spiro atoms. The van der Waals surface area contributed by atoms with Gasteiger partial charge in [-0.1, -0.05) is 17.7 Å². The number of hydrogen-bond acceptors (Lipinski definition) is 6. The molecule has 34 heavy (non-hydrogen) atoms. The molecule has 0 fully saturated rings. The molecule has 2 aromatic carbocycles. The molecule has 1 heterocycles. The van der Waals surface area contributed by atoms with Crippen LogP contribution in [0.1, 0.15) is 27.2 Å². The minimum absolute atomic E-state index is 0.0776. The van der Waals surface area contributed by atoms with Crippen molar-refractivity contribution in [3.05, 3.63) is 69.6 Å². The molecular weight excluding hydrogens is 500 g/mol. The van der Waals surface area contributed by atoms with Crippen LogP contribution >= 0.6 is 11.6 Å². The molecule has 0 bridgehead atoms. The molecule has 0 saturated heterocycles. The summed E-state index contributed by atoms with van der Waals surface area (Å²) in [5, 5.41) is 8.78. The first-order valence-electron chi connectivity index (χ1n) is 9.41. The number of carbonyl (C=O) groups is 1. The van der Waals surface area contributed by atoms with Gasteiger partial charge in [-0.05, 0) is 49.2 Å². The summed E-state index contributed by atoms with van der Waals surface area (Å²) in [7, 11) is -3.11. The molecular formula is C21H17ClF4N4O3S. The number of aromatic nitrogens is 2. The molecule has 1 atom stereocenters. The van der Waals surface area contributed by atoms with Gasteiger partial charge >= 0.3 is 6.18 Å². The lowest BCUT2D eigenvalue weighted by atomic mass is 10.1. The number of hydrogen-bond donors (Lipinski definition) is 2. The molecule has 1 unspecified atom stereocenters. The Morgan fingerprint density at radius 3 is 2.47 bits per heavy atom. The first-order valence-corrected chi connectivity index (χ1v) is 11.8. The van der Waals surface area contributed by atoms with Gasteiger partial charge in [-0.15, -0.1) is 10.2 Å². The Bertz CT molecular complexity index is 1400. The van der Waals surface area contributed by atoms with Gasteiger partial charge in [0, 0.05) is 22.9 Å². The molecule has 0 aliphatic rings. The van der Waals surface area contributed by atoms with Crippen LogP contribution in [0.5, 0.6) is 11.6 Å². The minimum Gasteiger partial charge on any atom is -0.437 e. The summed E-state index contributed by atoms with van der Waals surface area (Å²) in [6.07, 6.45) is -3.73. The number of halogens is 5. The van der Waals surface area contributed by atoms with Gasteiger partial charge in [-0.25, -0.2) is 13.4 Å². The van der Waals surface area contributed by atoms with E-state index in [1.54, 1.807) is 0 Å². The van der Waals surface area contributed by atoms with Crippen molar-refractivity contribution in [3.63, 3.8) is 0 Å². The fourth-order valence-electron chi connectivity index (χ4n) is 2.96. The third kappa shape index (κ3) is 5.45. The monoisotopic (exact) mass is 516 g/mol. The van der Waals surface area contributed by atoms with Crippen LogP contribution in [0, 0.1) is 24.4 Å². The SMILES string of the molecule is Cc1cc(Cl)c(F)cc1Oc1nnc(C(F)(F)F)c(C)c1C(=O)Nc1cccc(S(C)(=N)=O)c1. The number of anilines is 1. The van der Waals surface area contributed by atoms with Crippen molar-refractivity contribution in [2.24, 2.45) is 0 Å². The predicted molar refractivity (Wildman–Crippen MR) is 117 cm³/mol. The summed E-state index contributed by atoms with van der Waals surface area (Å²) in [6, 6.07) is 7.66. The molecule has 1 amide bonds. The third-order valence-electron chi connectivity index (χ3n) is 4.65. The predicted octanol–water partition coefficient (Wildman–Crippen LogP) is 5.98. The lowest BCUT2D eigenvalue weighted by Crippen LogP contribution is -2.21. The Balaban J connectivity index is 2.10. The van der Waals surface area contributed by atoms with Crippen LogP contribution in [-0.2, 0) is 15.9 Å².